The van der Waals surface area contributed by atoms with Crippen molar-refractivity contribution in [2.24, 2.45) is 0 Å². The quantitative estimate of drug-likeness (QED) is 0.860. The molecule has 6 heteroatoms. The van der Waals surface area contributed by atoms with Gasteiger partial charge in [0.15, 0.2) is 0 Å². The molecule has 0 radical (unpaired) electrons. The van der Waals surface area contributed by atoms with Gasteiger partial charge in [-0.1, -0.05) is 19.1 Å². The van der Waals surface area contributed by atoms with Crippen molar-refractivity contribution in [1.82, 2.24) is 4.31 Å². The fraction of sp³-hybridized carbons (Fsp3) is 0.389. The van der Waals surface area contributed by atoms with Gasteiger partial charge in [0, 0.05) is 36.0 Å². The molecule has 0 saturated carbocycles. The molecule has 2 aromatic carbocycles. The van der Waals surface area contributed by atoms with E-state index in [4.69, 9.17) is 0 Å². The second kappa shape index (κ2) is 5.29. The number of benzene rings is 2. The van der Waals surface area contributed by atoms with E-state index in [9.17, 15) is 13.2 Å². The lowest BCUT2D eigenvalue weighted by atomic mass is 10.1. The van der Waals surface area contributed by atoms with Crippen LogP contribution >= 0.6 is 0 Å². The molecule has 1 amide bonds. The summed E-state index contributed by atoms with van der Waals surface area (Å²) < 4.78 is 28.1. The molecule has 0 aromatic heterocycles. The third-order valence-electron chi connectivity index (χ3n) is 5.26. The van der Waals surface area contributed by atoms with E-state index in [-0.39, 0.29) is 11.9 Å². The molecule has 2 aromatic rings. The molecular formula is C18H20N2O3S. The van der Waals surface area contributed by atoms with Crippen LogP contribution in [0.25, 0.3) is 10.8 Å². The summed E-state index contributed by atoms with van der Waals surface area (Å²) in [6.45, 7) is 2.60. The first kappa shape index (κ1) is 15.6. The Hall–Kier alpha value is -1.92. The summed E-state index contributed by atoms with van der Waals surface area (Å²) >= 11 is 0. The monoisotopic (exact) mass is 344 g/mol. The zero-order valence-electron chi connectivity index (χ0n) is 13.8. The maximum atomic E-state index is 13.3. The molecule has 2 aliphatic rings. The molecule has 5 nitrogen and oxygen atoms in total. The molecule has 1 saturated heterocycles. The number of amides is 1. The van der Waals surface area contributed by atoms with E-state index in [0.29, 0.717) is 22.4 Å². The molecule has 0 bridgehead atoms. The lowest BCUT2D eigenvalue weighted by Gasteiger charge is -2.24. The van der Waals surface area contributed by atoms with Crippen LogP contribution in [-0.2, 0) is 10.0 Å². The normalized spacial score (nSPS) is 21.2. The minimum atomic E-state index is -3.56. The minimum absolute atomic E-state index is 0.0716. The Morgan fingerprint density at radius 1 is 1.21 bits per heavy atom. The van der Waals surface area contributed by atoms with Gasteiger partial charge in [-0.3, -0.25) is 4.79 Å². The number of hydrogen-bond donors (Lipinski definition) is 0. The zero-order valence-corrected chi connectivity index (χ0v) is 14.6. The Labute approximate surface area is 141 Å². The molecule has 0 unspecified atom stereocenters. The Balaban J connectivity index is 1.95. The fourth-order valence-corrected chi connectivity index (χ4v) is 5.95. The second-order valence-corrected chi connectivity index (χ2v) is 8.35. The third kappa shape index (κ3) is 1.96. The standard InChI is InChI=1S/C18H20N2O3S/c1-3-12-6-5-11-20(12)24(22,23)16-10-9-15-17-13(16)7-4-8-14(17)18(21)19(15)2/h4,7-10,12H,3,5-6,11H2,1-2H3/t12-/m1/s1. The highest BCUT2D eigenvalue weighted by atomic mass is 32.2. The van der Waals surface area contributed by atoms with Gasteiger partial charge in [-0.05, 0) is 37.5 Å². The van der Waals surface area contributed by atoms with Gasteiger partial charge in [-0.2, -0.15) is 4.31 Å². The maximum absolute atomic E-state index is 13.3. The number of nitrogens with zero attached hydrogens (tertiary/aromatic N) is 2. The highest BCUT2D eigenvalue weighted by Gasteiger charge is 2.37. The van der Waals surface area contributed by atoms with Crippen molar-refractivity contribution >= 4 is 32.4 Å². The lowest BCUT2D eigenvalue weighted by Crippen LogP contribution is -2.35. The van der Waals surface area contributed by atoms with Crippen LogP contribution in [-0.4, -0.2) is 38.3 Å². The summed E-state index contributed by atoms with van der Waals surface area (Å²) in [4.78, 5) is 14.3. The summed E-state index contributed by atoms with van der Waals surface area (Å²) in [6, 6.07) is 8.80. The van der Waals surface area contributed by atoms with Crippen molar-refractivity contribution < 1.29 is 13.2 Å². The van der Waals surface area contributed by atoms with Crippen molar-refractivity contribution in [2.45, 2.75) is 37.1 Å². The summed E-state index contributed by atoms with van der Waals surface area (Å²) in [6.07, 6.45) is 2.64. The van der Waals surface area contributed by atoms with Crippen molar-refractivity contribution in [3.05, 3.63) is 35.9 Å². The van der Waals surface area contributed by atoms with Crippen molar-refractivity contribution in [1.29, 1.82) is 0 Å². The van der Waals surface area contributed by atoms with E-state index in [1.165, 1.54) is 0 Å². The topological polar surface area (TPSA) is 57.7 Å². The van der Waals surface area contributed by atoms with Gasteiger partial charge in [0.25, 0.3) is 5.91 Å². The summed E-state index contributed by atoms with van der Waals surface area (Å²) in [5.41, 5.74) is 1.36. The molecular weight excluding hydrogens is 324 g/mol. The van der Waals surface area contributed by atoms with Crippen LogP contribution in [0.1, 0.15) is 36.5 Å². The van der Waals surface area contributed by atoms with Gasteiger partial charge in [0.2, 0.25) is 10.0 Å². The number of hydrogen-bond acceptors (Lipinski definition) is 3. The Kier molecular flexibility index (Phi) is 3.44. The number of sulfonamides is 1. The van der Waals surface area contributed by atoms with Gasteiger partial charge >= 0.3 is 0 Å². The lowest BCUT2D eigenvalue weighted by molar-refractivity contribution is 0.0999. The first-order valence-electron chi connectivity index (χ1n) is 8.32. The summed E-state index contributed by atoms with van der Waals surface area (Å²) in [5, 5.41) is 1.39. The first-order chi connectivity index (χ1) is 11.5. The van der Waals surface area contributed by atoms with Crippen LogP contribution in [0, 0.1) is 0 Å². The van der Waals surface area contributed by atoms with Crippen LogP contribution in [0.15, 0.2) is 35.2 Å². The van der Waals surface area contributed by atoms with Gasteiger partial charge < -0.3 is 4.90 Å². The zero-order chi connectivity index (χ0) is 17.1. The molecule has 126 valence electrons. The highest BCUT2D eigenvalue weighted by Crippen LogP contribution is 2.40. The Bertz CT molecular complexity index is 952. The molecule has 1 atom stereocenters. The molecule has 0 spiro atoms. The van der Waals surface area contributed by atoms with E-state index in [1.54, 1.807) is 46.6 Å². The number of rotatable bonds is 3. The third-order valence-corrected chi connectivity index (χ3v) is 7.27. The van der Waals surface area contributed by atoms with Gasteiger partial charge in [-0.25, -0.2) is 8.42 Å². The van der Waals surface area contributed by atoms with Crippen LogP contribution in [0.4, 0.5) is 5.69 Å². The van der Waals surface area contributed by atoms with Crippen molar-refractivity contribution in [2.75, 3.05) is 18.5 Å². The van der Waals surface area contributed by atoms with E-state index >= 15 is 0 Å². The average molecular weight is 344 g/mol. The predicted octanol–water partition coefficient (Wildman–Crippen LogP) is 2.99. The molecule has 1 fully saturated rings. The van der Waals surface area contributed by atoms with E-state index in [2.05, 4.69) is 0 Å². The van der Waals surface area contributed by atoms with Crippen LogP contribution < -0.4 is 4.90 Å². The Morgan fingerprint density at radius 2 is 2.00 bits per heavy atom. The summed E-state index contributed by atoms with van der Waals surface area (Å²) in [5.74, 6) is -0.0854. The van der Waals surface area contributed by atoms with E-state index < -0.39 is 10.0 Å². The van der Waals surface area contributed by atoms with Gasteiger partial charge in [-0.15, -0.1) is 0 Å². The van der Waals surface area contributed by atoms with Crippen LogP contribution in [0.3, 0.4) is 0 Å². The van der Waals surface area contributed by atoms with Crippen molar-refractivity contribution in [3.8, 4) is 0 Å². The van der Waals surface area contributed by atoms with E-state index in [0.717, 1.165) is 30.3 Å². The molecule has 2 aliphatic heterocycles. The second-order valence-electron chi connectivity index (χ2n) is 6.50. The van der Waals surface area contributed by atoms with E-state index in [1.807, 2.05) is 6.92 Å². The first-order valence-corrected chi connectivity index (χ1v) is 9.76. The average Bonchev–Trinajstić information content (AvgIpc) is 3.16. The minimum Gasteiger partial charge on any atom is -0.311 e. The van der Waals surface area contributed by atoms with Gasteiger partial charge in [0.05, 0.1) is 10.6 Å². The van der Waals surface area contributed by atoms with Crippen LogP contribution in [0.5, 0.6) is 0 Å². The molecule has 2 heterocycles. The van der Waals surface area contributed by atoms with Crippen LogP contribution in [0.2, 0.25) is 0 Å². The largest absolute Gasteiger partial charge is 0.311 e. The molecule has 0 N–H and O–H groups in total. The number of carbonyl (C=O) groups is 1. The fourth-order valence-electron chi connectivity index (χ4n) is 3.99. The van der Waals surface area contributed by atoms with Gasteiger partial charge in [0.1, 0.15) is 0 Å². The number of anilines is 1. The SMILES string of the molecule is CC[C@@H]1CCCN1S(=O)(=O)c1ccc2c3c(cccc13)C(=O)N2C. The highest BCUT2D eigenvalue weighted by molar-refractivity contribution is 7.89. The summed E-state index contributed by atoms with van der Waals surface area (Å²) in [7, 11) is -1.84. The predicted molar refractivity (Wildman–Crippen MR) is 93.9 cm³/mol. The number of carbonyl (C=O) groups excluding carboxylic acids is 1. The maximum Gasteiger partial charge on any atom is 0.258 e. The molecule has 4 rings (SSSR count). The smallest absolute Gasteiger partial charge is 0.258 e. The molecule has 24 heavy (non-hydrogen) atoms. The Morgan fingerprint density at radius 3 is 2.75 bits per heavy atom. The molecule has 0 aliphatic carbocycles. The van der Waals surface area contributed by atoms with Crippen molar-refractivity contribution in [3.63, 3.8) is 0 Å².